The highest BCUT2D eigenvalue weighted by molar-refractivity contribution is 6.61. The fourth-order valence-electron chi connectivity index (χ4n) is 2.19. The second kappa shape index (κ2) is 4.48. The smallest absolute Gasteiger partial charge is 0.491 e. The molecule has 0 unspecified atom stereocenters. The van der Waals surface area contributed by atoms with E-state index in [0.717, 1.165) is 27.9 Å². The second-order valence-corrected chi connectivity index (χ2v) is 4.31. The van der Waals surface area contributed by atoms with E-state index < -0.39 is 7.12 Å². The van der Waals surface area contributed by atoms with Crippen molar-refractivity contribution in [2.75, 3.05) is 7.11 Å². The highest BCUT2D eigenvalue weighted by Gasteiger charge is 2.26. The summed E-state index contributed by atoms with van der Waals surface area (Å²) in [5, 5.41) is 9.57. The monoisotopic (exact) mass is 240 g/mol. The Balaban J connectivity index is 1.97. The number of methoxy groups -OCH3 is 1. The predicted molar refractivity (Wildman–Crippen MR) is 70.8 cm³/mol. The van der Waals surface area contributed by atoms with Crippen LogP contribution in [0.1, 0.15) is 5.56 Å². The average molecular weight is 240 g/mol. The Morgan fingerprint density at radius 3 is 2.56 bits per heavy atom. The van der Waals surface area contributed by atoms with E-state index in [-0.39, 0.29) is 0 Å². The van der Waals surface area contributed by atoms with Crippen LogP contribution in [0.25, 0.3) is 11.1 Å². The van der Waals surface area contributed by atoms with E-state index in [0.29, 0.717) is 6.61 Å². The fraction of sp³-hybridized carbons (Fsp3) is 0.143. The predicted octanol–water partition coefficient (Wildman–Crippen LogP) is 1.58. The number of hydrogen-bond acceptors (Lipinski definition) is 3. The van der Waals surface area contributed by atoms with Gasteiger partial charge in [-0.05, 0) is 40.4 Å². The number of ether oxygens (including phenoxy) is 1. The van der Waals surface area contributed by atoms with E-state index in [2.05, 4.69) is 6.07 Å². The van der Waals surface area contributed by atoms with Crippen LogP contribution >= 0.6 is 0 Å². The van der Waals surface area contributed by atoms with Crippen LogP contribution in [0, 0.1) is 0 Å². The number of rotatable bonds is 2. The van der Waals surface area contributed by atoms with Crippen molar-refractivity contribution in [3.8, 4) is 16.9 Å². The molecule has 2 aromatic carbocycles. The van der Waals surface area contributed by atoms with Gasteiger partial charge in [-0.1, -0.05) is 24.3 Å². The molecule has 3 rings (SSSR count). The molecule has 1 aliphatic heterocycles. The first-order chi connectivity index (χ1) is 8.78. The summed E-state index contributed by atoms with van der Waals surface area (Å²) in [6, 6.07) is 13.9. The Kier molecular flexibility index (Phi) is 2.82. The Hall–Kier alpha value is -1.78. The molecule has 0 saturated heterocycles. The quantitative estimate of drug-likeness (QED) is 0.810. The zero-order chi connectivity index (χ0) is 12.5. The van der Waals surface area contributed by atoms with Gasteiger partial charge in [-0.25, -0.2) is 0 Å². The van der Waals surface area contributed by atoms with Crippen LogP contribution in [0.4, 0.5) is 0 Å². The van der Waals surface area contributed by atoms with Gasteiger partial charge in [0, 0.05) is 0 Å². The number of hydrogen-bond donors (Lipinski definition) is 1. The lowest BCUT2D eigenvalue weighted by atomic mass is 9.79. The zero-order valence-corrected chi connectivity index (χ0v) is 10.1. The molecule has 1 N–H and O–H groups in total. The first-order valence-electron chi connectivity index (χ1n) is 5.85. The summed E-state index contributed by atoms with van der Waals surface area (Å²) in [6.45, 7) is 0.473. The topological polar surface area (TPSA) is 38.7 Å². The van der Waals surface area contributed by atoms with Crippen molar-refractivity contribution in [2.45, 2.75) is 6.61 Å². The van der Waals surface area contributed by atoms with E-state index in [4.69, 9.17) is 9.39 Å². The first-order valence-corrected chi connectivity index (χ1v) is 5.85. The molecule has 3 nitrogen and oxygen atoms in total. The van der Waals surface area contributed by atoms with E-state index in [1.807, 2.05) is 36.4 Å². The van der Waals surface area contributed by atoms with Crippen LogP contribution in [0.3, 0.4) is 0 Å². The summed E-state index contributed by atoms with van der Waals surface area (Å²) in [4.78, 5) is 0. The van der Waals surface area contributed by atoms with Crippen molar-refractivity contribution in [3.63, 3.8) is 0 Å². The minimum Gasteiger partial charge on any atom is -0.497 e. The fourth-order valence-corrected chi connectivity index (χ4v) is 2.19. The van der Waals surface area contributed by atoms with E-state index in [1.165, 1.54) is 0 Å². The molecule has 90 valence electrons. The molecule has 1 aliphatic rings. The van der Waals surface area contributed by atoms with Gasteiger partial charge in [0.1, 0.15) is 5.75 Å². The molecule has 0 radical (unpaired) electrons. The van der Waals surface area contributed by atoms with Crippen molar-refractivity contribution >= 4 is 12.6 Å². The van der Waals surface area contributed by atoms with Crippen LogP contribution in [0.15, 0.2) is 42.5 Å². The summed E-state index contributed by atoms with van der Waals surface area (Å²) in [5.74, 6) is 0.846. The summed E-state index contributed by atoms with van der Waals surface area (Å²) >= 11 is 0. The second-order valence-electron chi connectivity index (χ2n) is 4.31. The van der Waals surface area contributed by atoms with Gasteiger partial charge in [-0.15, -0.1) is 0 Å². The number of benzene rings is 2. The van der Waals surface area contributed by atoms with Crippen LogP contribution in [-0.4, -0.2) is 19.3 Å². The standard InChI is InChI=1S/C14H13BO3/c1-17-13-5-2-10(3-6-13)11-4-7-14-12(8-11)9-18-15(14)16/h2-8,16H,9H2,1H3. The van der Waals surface area contributed by atoms with Gasteiger partial charge >= 0.3 is 7.12 Å². The zero-order valence-electron chi connectivity index (χ0n) is 10.1. The molecule has 0 fully saturated rings. The third-order valence-corrected chi connectivity index (χ3v) is 3.23. The molecule has 2 aromatic rings. The van der Waals surface area contributed by atoms with E-state index in [9.17, 15) is 5.02 Å². The van der Waals surface area contributed by atoms with Gasteiger partial charge in [-0.3, -0.25) is 0 Å². The summed E-state index contributed by atoms with van der Waals surface area (Å²) in [5.41, 5.74) is 4.16. The molecule has 0 saturated carbocycles. The molecule has 0 amide bonds. The molecule has 0 aliphatic carbocycles. The highest BCUT2D eigenvalue weighted by Crippen LogP contribution is 2.24. The Bertz CT molecular complexity index is 566. The van der Waals surface area contributed by atoms with Gasteiger partial charge in [0.05, 0.1) is 13.7 Å². The van der Waals surface area contributed by atoms with Crippen molar-refractivity contribution in [2.24, 2.45) is 0 Å². The molecular formula is C14H13BO3. The average Bonchev–Trinajstić information content (AvgIpc) is 2.80. The first kappa shape index (κ1) is 11.3. The van der Waals surface area contributed by atoms with Crippen LogP contribution in [0.2, 0.25) is 0 Å². The van der Waals surface area contributed by atoms with Crippen LogP contribution in [-0.2, 0) is 11.3 Å². The van der Waals surface area contributed by atoms with Crippen LogP contribution < -0.4 is 10.2 Å². The van der Waals surface area contributed by atoms with Gasteiger partial charge in [-0.2, -0.15) is 0 Å². The lowest BCUT2D eigenvalue weighted by Gasteiger charge is -2.06. The highest BCUT2D eigenvalue weighted by atomic mass is 16.5. The molecule has 4 heteroatoms. The molecular weight excluding hydrogens is 227 g/mol. The summed E-state index contributed by atoms with van der Waals surface area (Å²) in [7, 11) is 0.883. The van der Waals surface area contributed by atoms with Crippen molar-refractivity contribution in [1.29, 1.82) is 0 Å². The van der Waals surface area contributed by atoms with Crippen molar-refractivity contribution < 1.29 is 14.4 Å². The van der Waals surface area contributed by atoms with Crippen molar-refractivity contribution in [3.05, 3.63) is 48.0 Å². The third kappa shape index (κ3) is 1.90. The maximum Gasteiger partial charge on any atom is 0.491 e. The normalized spacial score (nSPS) is 13.6. The van der Waals surface area contributed by atoms with Gasteiger partial charge in [0.25, 0.3) is 0 Å². The van der Waals surface area contributed by atoms with E-state index >= 15 is 0 Å². The van der Waals surface area contributed by atoms with Gasteiger partial charge in [0.2, 0.25) is 0 Å². The SMILES string of the molecule is COc1ccc(-c2ccc3c(c2)COB3O)cc1. The van der Waals surface area contributed by atoms with Crippen molar-refractivity contribution in [1.82, 2.24) is 0 Å². The minimum absolute atomic E-state index is 0.473. The molecule has 18 heavy (non-hydrogen) atoms. The van der Waals surface area contributed by atoms with Gasteiger partial charge < -0.3 is 14.4 Å². The maximum atomic E-state index is 9.57. The Morgan fingerprint density at radius 1 is 1.11 bits per heavy atom. The van der Waals surface area contributed by atoms with Gasteiger partial charge in [0.15, 0.2) is 0 Å². The Labute approximate surface area is 106 Å². The molecule has 0 spiro atoms. The summed E-state index contributed by atoms with van der Waals surface area (Å²) < 4.78 is 10.3. The van der Waals surface area contributed by atoms with E-state index in [1.54, 1.807) is 7.11 Å². The van der Waals surface area contributed by atoms with Crippen LogP contribution in [0.5, 0.6) is 5.75 Å². The molecule has 0 aromatic heterocycles. The number of fused-ring (bicyclic) bond motifs is 1. The lowest BCUT2D eigenvalue weighted by Crippen LogP contribution is -2.27. The summed E-state index contributed by atoms with van der Waals surface area (Å²) in [6.07, 6.45) is 0. The Morgan fingerprint density at radius 2 is 1.83 bits per heavy atom. The molecule has 1 heterocycles. The molecule has 0 bridgehead atoms. The lowest BCUT2D eigenvalue weighted by molar-refractivity contribution is 0.275. The largest absolute Gasteiger partial charge is 0.497 e. The minimum atomic E-state index is -0.773. The molecule has 0 atom stereocenters. The third-order valence-electron chi connectivity index (χ3n) is 3.23. The maximum absolute atomic E-state index is 9.57.